The molecule has 5 nitrogen and oxygen atoms in total. The summed E-state index contributed by atoms with van der Waals surface area (Å²) in [6, 6.07) is 0. The van der Waals surface area contributed by atoms with Crippen LogP contribution in [0.25, 0.3) is 0 Å². The van der Waals surface area contributed by atoms with Gasteiger partial charge in [0.15, 0.2) is 0 Å². The Morgan fingerprint density at radius 1 is 1.11 bits per heavy atom. The summed E-state index contributed by atoms with van der Waals surface area (Å²) in [7, 11) is 1.39. The molecule has 0 spiro atoms. The molecule has 1 N–H and O–H groups in total. The zero-order chi connectivity index (χ0) is 15.1. The van der Waals surface area contributed by atoms with Gasteiger partial charge in [0.25, 0.3) is 0 Å². The van der Waals surface area contributed by atoms with E-state index in [0.29, 0.717) is 13.1 Å². The van der Waals surface area contributed by atoms with Gasteiger partial charge in [0.05, 0.1) is 19.6 Å². The highest BCUT2D eigenvalue weighted by Gasteiger charge is 2.27. The summed E-state index contributed by atoms with van der Waals surface area (Å²) in [5.41, 5.74) is 0. The lowest BCUT2D eigenvalue weighted by Crippen LogP contribution is -2.44. The Morgan fingerprint density at radius 3 is 2.05 bits per heavy atom. The third-order valence-electron chi connectivity index (χ3n) is 2.52. The number of likely N-dealkylation sites (N-methyl/N-ethyl adjacent to an activating group) is 2. The van der Waals surface area contributed by atoms with Crippen LogP contribution < -0.4 is 5.32 Å². The first-order chi connectivity index (χ1) is 8.71. The quantitative estimate of drug-likeness (QED) is 0.739. The van der Waals surface area contributed by atoms with E-state index in [2.05, 4.69) is 0 Å². The second-order valence-electron chi connectivity index (χ2n) is 4.03. The lowest BCUT2D eigenvalue weighted by atomic mass is 10.4. The number of carbonyl (C=O) groups is 2. The minimum Gasteiger partial charge on any atom is -0.342 e. The van der Waals surface area contributed by atoms with Crippen molar-refractivity contribution < 1.29 is 22.8 Å². The zero-order valence-electron chi connectivity index (χ0n) is 11.4. The molecule has 2 amide bonds. The molecular weight excluding hydrogens is 263 g/mol. The van der Waals surface area contributed by atoms with E-state index in [1.54, 1.807) is 4.90 Å². The van der Waals surface area contributed by atoms with E-state index in [9.17, 15) is 22.8 Å². The highest BCUT2D eigenvalue weighted by Crippen LogP contribution is 2.11. The number of nitrogens with one attached hydrogen (secondary N) is 1. The second-order valence-corrected chi connectivity index (χ2v) is 4.03. The number of alkyl halides is 3. The van der Waals surface area contributed by atoms with Crippen LogP contribution in [0.4, 0.5) is 13.2 Å². The number of carbonyl (C=O) groups excluding carboxylic acids is 2. The Labute approximate surface area is 110 Å². The standard InChI is InChI=1S/C11H20F3N3O2/c1-4-17(5-2)10(19)7-16(3)9(18)6-15-8-11(12,13)14/h15H,4-8H2,1-3H3. The minimum atomic E-state index is -4.35. The predicted octanol–water partition coefficient (Wildman–Crippen LogP) is 0.465. The average Bonchev–Trinajstić information content (AvgIpc) is 2.28. The molecule has 0 saturated carbocycles. The Kier molecular flexibility index (Phi) is 7.43. The van der Waals surface area contributed by atoms with Crippen LogP contribution in [-0.4, -0.2) is 67.6 Å². The lowest BCUT2D eigenvalue weighted by Gasteiger charge is -2.23. The summed E-state index contributed by atoms with van der Waals surface area (Å²) in [5, 5.41) is 2.00. The Morgan fingerprint density at radius 2 is 1.63 bits per heavy atom. The maximum absolute atomic E-state index is 11.9. The third kappa shape index (κ3) is 7.66. The lowest BCUT2D eigenvalue weighted by molar-refractivity contribution is -0.140. The fourth-order valence-electron chi connectivity index (χ4n) is 1.41. The topological polar surface area (TPSA) is 52.7 Å². The first-order valence-corrected chi connectivity index (χ1v) is 6.00. The molecule has 0 bridgehead atoms. The fourth-order valence-corrected chi connectivity index (χ4v) is 1.41. The van der Waals surface area contributed by atoms with Gasteiger partial charge in [-0.1, -0.05) is 0 Å². The molecule has 0 fully saturated rings. The largest absolute Gasteiger partial charge is 0.401 e. The molecule has 0 aliphatic carbocycles. The number of hydrogen-bond acceptors (Lipinski definition) is 3. The molecule has 0 aromatic rings. The molecule has 0 aromatic heterocycles. The number of rotatable bonds is 7. The molecule has 0 heterocycles. The van der Waals surface area contributed by atoms with Gasteiger partial charge >= 0.3 is 6.18 Å². The van der Waals surface area contributed by atoms with E-state index in [1.165, 1.54) is 7.05 Å². The fraction of sp³-hybridized carbons (Fsp3) is 0.818. The first-order valence-electron chi connectivity index (χ1n) is 6.00. The van der Waals surface area contributed by atoms with Crippen LogP contribution in [0.3, 0.4) is 0 Å². The molecule has 112 valence electrons. The van der Waals surface area contributed by atoms with Crippen molar-refractivity contribution in [1.82, 2.24) is 15.1 Å². The van der Waals surface area contributed by atoms with Gasteiger partial charge in [-0.3, -0.25) is 9.59 Å². The number of hydrogen-bond donors (Lipinski definition) is 1. The maximum atomic E-state index is 11.9. The van der Waals surface area contributed by atoms with Gasteiger partial charge in [-0.05, 0) is 13.8 Å². The van der Waals surface area contributed by atoms with E-state index in [0.717, 1.165) is 4.90 Å². The van der Waals surface area contributed by atoms with Gasteiger partial charge in [0.2, 0.25) is 11.8 Å². The zero-order valence-corrected chi connectivity index (χ0v) is 11.4. The van der Waals surface area contributed by atoms with E-state index in [-0.39, 0.29) is 12.5 Å². The molecule has 0 saturated heterocycles. The molecule has 0 aliphatic heterocycles. The van der Waals surface area contributed by atoms with Crippen molar-refractivity contribution in [2.45, 2.75) is 20.0 Å². The Bertz CT molecular complexity index is 304. The van der Waals surface area contributed by atoms with Gasteiger partial charge in [-0.2, -0.15) is 13.2 Å². The van der Waals surface area contributed by atoms with Crippen LogP contribution in [0.1, 0.15) is 13.8 Å². The van der Waals surface area contributed by atoms with E-state index in [4.69, 9.17) is 0 Å². The predicted molar refractivity (Wildman–Crippen MR) is 64.5 cm³/mol. The normalized spacial score (nSPS) is 11.3. The van der Waals surface area contributed by atoms with E-state index >= 15 is 0 Å². The highest BCUT2D eigenvalue weighted by atomic mass is 19.4. The van der Waals surface area contributed by atoms with Crippen molar-refractivity contribution in [3.63, 3.8) is 0 Å². The average molecular weight is 283 g/mol. The van der Waals surface area contributed by atoms with Crippen molar-refractivity contribution in [2.24, 2.45) is 0 Å². The van der Waals surface area contributed by atoms with Crippen LogP contribution in [0.5, 0.6) is 0 Å². The summed E-state index contributed by atoms with van der Waals surface area (Å²) in [6.07, 6.45) is -4.35. The summed E-state index contributed by atoms with van der Waals surface area (Å²) < 4.78 is 35.6. The van der Waals surface area contributed by atoms with Crippen LogP contribution in [-0.2, 0) is 9.59 Å². The minimum absolute atomic E-state index is 0.131. The molecule has 0 aromatic carbocycles. The highest BCUT2D eigenvalue weighted by molar-refractivity contribution is 5.85. The third-order valence-corrected chi connectivity index (χ3v) is 2.52. The smallest absolute Gasteiger partial charge is 0.342 e. The summed E-state index contributed by atoms with van der Waals surface area (Å²) >= 11 is 0. The van der Waals surface area contributed by atoms with Gasteiger partial charge < -0.3 is 15.1 Å². The molecule has 0 rings (SSSR count). The second kappa shape index (κ2) is 7.98. The molecular formula is C11H20F3N3O2. The maximum Gasteiger partial charge on any atom is 0.401 e. The Hall–Kier alpha value is -1.31. The van der Waals surface area contributed by atoms with Crippen molar-refractivity contribution >= 4 is 11.8 Å². The van der Waals surface area contributed by atoms with E-state index < -0.39 is 25.2 Å². The first kappa shape index (κ1) is 17.7. The van der Waals surface area contributed by atoms with Gasteiger partial charge in [0.1, 0.15) is 0 Å². The summed E-state index contributed by atoms with van der Waals surface area (Å²) in [4.78, 5) is 25.8. The summed E-state index contributed by atoms with van der Waals surface area (Å²) in [6.45, 7) is 2.89. The van der Waals surface area contributed by atoms with Crippen molar-refractivity contribution in [3.8, 4) is 0 Å². The molecule has 0 unspecified atom stereocenters. The van der Waals surface area contributed by atoms with Gasteiger partial charge in [-0.25, -0.2) is 0 Å². The molecule has 0 aliphatic rings. The van der Waals surface area contributed by atoms with Crippen LogP contribution >= 0.6 is 0 Å². The van der Waals surface area contributed by atoms with E-state index in [1.807, 2.05) is 19.2 Å². The molecule has 19 heavy (non-hydrogen) atoms. The van der Waals surface area contributed by atoms with Crippen LogP contribution in [0, 0.1) is 0 Å². The summed E-state index contributed by atoms with van der Waals surface area (Å²) in [5.74, 6) is -0.776. The van der Waals surface area contributed by atoms with Crippen molar-refractivity contribution in [2.75, 3.05) is 39.8 Å². The molecule has 0 radical (unpaired) electrons. The Balaban J connectivity index is 4.10. The van der Waals surface area contributed by atoms with Crippen molar-refractivity contribution in [1.29, 1.82) is 0 Å². The molecule has 0 atom stereocenters. The van der Waals surface area contributed by atoms with Gasteiger partial charge in [-0.15, -0.1) is 0 Å². The number of halogens is 3. The number of nitrogens with zero attached hydrogens (tertiary/aromatic N) is 2. The van der Waals surface area contributed by atoms with Crippen LogP contribution in [0.2, 0.25) is 0 Å². The van der Waals surface area contributed by atoms with Crippen LogP contribution in [0.15, 0.2) is 0 Å². The van der Waals surface area contributed by atoms with Crippen molar-refractivity contribution in [3.05, 3.63) is 0 Å². The monoisotopic (exact) mass is 283 g/mol. The van der Waals surface area contributed by atoms with Gasteiger partial charge in [0, 0.05) is 20.1 Å². The SMILES string of the molecule is CCN(CC)C(=O)CN(C)C(=O)CNCC(F)(F)F. The molecule has 8 heteroatoms. The number of amides is 2.